The summed E-state index contributed by atoms with van der Waals surface area (Å²) in [7, 11) is 1.70. The summed E-state index contributed by atoms with van der Waals surface area (Å²) in [5, 5.41) is 12.2. The van der Waals surface area contributed by atoms with E-state index >= 15 is 0 Å². The van der Waals surface area contributed by atoms with Crippen molar-refractivity contribution in [3.8, 4) is 11.8 Å². The lowest BCUT2D eigenvalue weighted by Gasteiger charge is -2.14. The summed E-state index contributed by atoms with van der Waals surface area (Å²) in [6, 6.07) is 10.4. The van der Waals surface area contributed by atoms with Crippen LogP contribution in [0, 0.1) is 11.3 Å². The Labute approximate surface area is 121 Å². The quantitative estimate of drug-likeness (QED) is 0.753. The molecule has 0 saturated carbocycles. The highest BCUT2D eigenvalue weighted by Gasteiger charge is 2.08. The molecule has 1 unspecified atom stereocenters. The molecule has 0 saturated heterocycles. The molecular formula is C16H24N2O2. The van der Waals surface area contributed by atoms with Gasteiger partial charge >= 0.3 is 0 Å². The first-order valence-electron chi connectivity index (χ1n) is 7.02. The largest absolute Gasteiger partial charge is 0.493 e. The van der Waals surface area contributed by atoms with Crippen LogP contribution in [-0.4, -0.2) is 32.4 Å². The Balaban J connectivity index is 2.33. The molecular weight excluding hydrogens is 252 g/mol. The van der Waals surface area contributed by atoms with Crippen molar-refractivity contribution in [2.45, 2.75) is 38.8 Å². The van der Waals surface area contributed by atoms with Crippen molar-refractivity contribution in [2.24, 2.45) is 0 Å². The maximum Gasteiger partial charge on any atom is 0.119 e. The summed E-state index contributed by atoms with van der Waals surface area (Å²) in [5.41, 5.74) is 1.23. The zero-order chi connectivity index (χ0) is 14.8. The molecule has 0 aliphatic heterocycles. The molecule has 0 spiro atoms. The van der Waals surface area contributed by atoms with E-state index in [4.69, 9.17) is 14.7 Å². The van der Waals surface area contributed by atoms with Crippen molar-refractivity contribution >= 4 is 0 Å². The van der Waals surface area contributed by atoms with Gasteiger partial charge < -0.3 is 9.47 Å². The minimum absolute atomic E-state index is 0.157. The smallest absolute Gasteiger partial charge is 0.119 e. The number of benzene rings is 1. The lowest BCUT2D eigenvalue weighted by atomic mass is 10.1. The molecule has 1 N–H and O–H groups in total. The van der Waals surface area contributed by atoms with Gasteiger partial charge in [0.25, 0.3) is 0 Å². The van der Waals surface area contributed by atoms with Crippen molar-refractivity contribution < 1.29 is 9.47 Å². The number of hydrogen-bond donors (Lipinski definition) is 1. The van der Waals surface area contributed by atoms with Gasteiger partial charge in [-0.25, -0.2) is 0 Å². The lowest BCUT2D eigenvalue weighted by Crippen LogP contribution is -2.34. The number of nitrogens with zero attached hydrogens (tertiary/aromatic N) is 1. The minimum Gasteiger partial charge on any atom is -0.493 e. The van der Waals surface area contributed by atoms with Crippen LogP contribution >= 0.6 is 0 Å². The Bertz CT molecular complexity index is 409. The molecule has 0 aromatic heterocycles. The average molecular weight is 276 g/mol. The molecule has 4 heteroatoms. The van der Waals surface area contributed by atoms with E-state index in [9.17, 15) is 0 Å². The second kappa shape index (κ2) is 9.35. The summed E-state index contributed by atoms with van der Waals surface area (Å²) in [4.78, 5) is 0. The molecule has 1 aromatic rings. The molecule has 0 radical (unpaired) electrons. The van der Waals surface area contributed by atoms with Gasteiger partial charge in [-0.15, -0.1) is 0 Å². The van der Waals surface area contributed by atoms with Gasteiger partial charge in [-0.05, 0) is 38.0 Å². The second-order valence-electron chi connectivity index (χ2n) is 5.03. The van der Waals surface area contributed by atoms with Gasteiger partial charge in [-0.2, -0.15) is 5.26 Å². The summed E-state index contributed by atoms with van der Waals surface area (Å²) in [5.74, 6) is 0.840. The fraction of sp³-hybridized carbons (Fsp3) is 0.562. The lowest BCUT2D eigenvalue weighted by molar-refractivity contribution is 0.202. The van der Waals surface area contributed by atoms with Gasteiger partial charge in [-0.3, -0.25) is 5.32 Å². The highest BCUT2D eigenvalue weighted by molar-refractivity contribution is 5.27. The van der Waals surface area contributed by atoms with Crippen LogP contribution < -0.4 is 10.1 Å². The molecule has 0 bridgehead atoms. The molecule has 1 atom stereocenters. The van der Waals surface area contributed by atoms with Crippen LogP contribution in [0.2, 0.25) is 0 Å². The molecule has 1 aromatic carbocycles. The SMILES string of the molecule is COCCc1ccc(OCCC(C#N)NC(C)C)cc1. The van der Waals surface area contributed by atoms with Crippen molar-refractivity contribution in [1.82, 2.24) is 5.32 Å². The number of methoxy groups -OCH3 is 1. The van der Waals surface area contributed by atoms with E-state index in [0.29, 0.717) is 19.1 Å². The van der Waals surface area contributed by atoms with Crippen molar-refractivity contribution in [2.75, 3.05) is 20.3 Å². The fourth-order valence-electron chi connectivity index (χ4n) is 1.85. The number of hydrogen-bond acceptors (Lipinski definition) is 4. The van der Waals surface area contributed by atoms with Crippen LogP contribution in [0.3, 0.4) is 0 Å². The zero-order valence-electron chi connectivity index (χ0n) is 12.6. The number of ether oxygens (including phenoxy) is 2. The van der Waals surface area contributed by atoms with Gasteiger partial charge in [0.2, 0.25) is 0 Å². The molecule has 20 heavy (non-hydrogen) atoms. The van der Waals surface area contributed by atoms with E-state index in [1.807, 2.05) is 38.1 Å². The van der Waals surface area contributed by atoms with E-state index in [0.717, 1.165) is 18.8 Å². The predicted octanol–water partition coefficient (Wildman–Crippen LogP) is 2.53. The van der Waals surface area contributed by atoms with Gasteiger partial charge in [0.15, 0.2) is 0 Å². The Morgan fingerprint density at radius 2 is 1.90 bits per heavy atom. The molecule has 1 rings (SSSR count). The van der Waals surface area contributed by atoms with E-state index in [1.54, 1.807) is 7.11 Å². The summed E-state index contributed by atoms with van der Waals surface area (Å²) < 4.78 is 10.7. The Morgan fingerprint density at radius 1 is 1.20 bits per heavy atom. The first kappa shape index (κ1) is 16.5. The third-order valence-electron chi connectivity index (χ3n) is 2.88. The first-order valence-corrected chi connectivity index (χ1v) is 7.02. The Hall–Kier alpha value is -1.57. The van der Waals surface area contributed by atoms with Crippen molar-refractivity contribution in [3.63, 3.8) is 0 Å². The molecule has 0 aliphatic carbocycles. The monoisotopic (exact) mass is 276 g/mol. The molecule has 4 nitrogen and oxygen atoms in total. The van der Waals surface area contributed by atoms with Crippen LogP contribution in [0.25, 0.3) is 0 Å². The van der Waals surface area contributed by atoms with Gasteiger partial charge in [0, 0.05) is 19.6 Å². The average Bonchev–Trinajstić information content (AvgIpc) is 2.45. The molecule has 0 fully saturated rings. The van der Waals surface area contributed by atoms with Crippen LogP contribution in [-0.2, 0) is 11.2 Å². The van der Waals surface area contributed by atoms with Gasteiger partial charge in [-0.1, -0.05) is 12.1 Å². The number of nitrogens with one attached hydrogen (secondary N) is 1. The fourth-order valence-corrected chi connectivity index (χ4v) is 1.85. The van der Waals surface area contributed by atoms with Crippen LogP contribution in [0.4, 0.5) is 0 Å². The minimum atomic E-state index is -0.157. The van der Waals surface area contributed by atoms with Gasteiger partial charge in [0.05, 0.1) is 25.3 Å². The highest BCUT2D eigenvalue weighted by atomic mass is 16.5. The zero-order valence-corrected chi connectivity index (χ0v) is 12.6. The summed E-state index contributed by atoms with van der Waals surface area (Å²) in [6.07, 6.45) is 1.59. The van der Waals surface area contributed by atoms with Crippen molar-refractivity contribution in [3.05, 3.63) is 29.8 Å². The molecule has 0 aliphatic rings. The van der Waals surface area contributed by atoms with E-state index < -0.39 is 0 Å². The Kier molecular flexibility index (Phi) is 7.71. The maximum absolute atomic E-state index is 9.01. The van der Waals surface area contributed by atoms with E-state index in [-0.39, 0.29) is 6.04 Å². The van der Waals surface area contributed by atoms with Crippen molar-refractivity contribution in [1.29, 1.82) is 5.26 Å². The molecule has 0 amide bonds. The van der Waals surface area contributed by atoms with Crippen LogP contribution in [0.15, 0.2) is 24.3 Å². The highest BCUT2D eigenvalue weighted by Crippen LogP contribution is 2.13. The number of nitriles is 1. The van der Waals surface area contributed by atoms with Gasteiger partial charge in [0.1, 0.15) is 5.75 Å². The summed E-state index contributed by atoms with van der Waals surface area (Å²) in [6.45, 7) is 5.33. The molecule has 0 heterocycles. The maximum atomic E-state index is 9.01. The topological polar surface area (TPSA) is 54.3 Å². The normalized spacial score (nSPS) is 12.2. The number of rotatable bonds is 9. The third kappa shape index (κ3) is 6.55. The summed E-state index contributed by atoms with van der Waals surface area (Å²) >= 11 is 0. The van der Waals surface area contributed by atoms with Crippen LogP contribution in [0.5, 0.6) is 5.75 Å². The van der Waals surface area contributed by atoms with Crippen LogP contribution in [0.1, 0.15) is 25.8 Å². The standard InChI is InChI=1S/C16H24N2O2/c1-13(2)18-15(12-17)9-11-20-16-6-4-14(5-7-16)8-10-19-3/h4-7,13,15,18H,8-11H2,1-3H3. The second-order valence-corrected chi connectivity index (χ2v) is 5.03. The van der Waals surface area contributed by atoms with E-state index in [1.165, 1.54) is 5.56 Å². The third-order valence-corrected chi connectivity index (χ3v) is 2.88. The first-order chi connectivity index (χ1) is 9.65. The molecule has 110 valence electrons. The Morgan fingerprint density at radius 3 is 2.45 bits per heavy atom. The van der Waals surface area contributed by atoms with E-state index in [2.05, 4.69) is 11.4 Å². The predicted molar refractivity (Wildman–Crippen MR) is 79.8 cm³/mol.